The fourth-order valence-electron chi connectivity index (χ4n) is 4.80. The molecule has 0 saturated heterocycles. The van der Waals surface area contributed by atoms with Crippen LogP contribution in [0.25, 0.3) is 0 Å². The Balaban J connectivity index is 2.35. The van der Waals surface area contributed by atoms with Crippen LogP contribution in [0.2, 0.25) is 0 Å². The standard InChI is InChI=1S/C31H44O6/c1-20-15-24(30(3,4)13-9-11-26(32)36-7)18-22(28(20)34)17-23-19-25(16-21(2)29(23)35)31(5,6)14-10-12-27(33)37-8/h15-16,18-19,34-35H,9-14,17H2,1-8H3. The molecule has 0 fully saturated rings. The first-order chi connectivity index (χ1) is 17.2. The number of hydrogen-bond donors (Lipinski definition) is 2. The summed E-state index contributed by atoms with van der Waals surface area (Å²) in [4.78, 5) is 23.1. The minimum atomic E-state index is -0.211. The molecular weight excluding hydrogens is 468 g/mol. The average molecular weight is 513 g/mol. The first-order valence-corrected chi connectivity index (χ1v) is 13.0. The molecule has 2 N–H and O–H groups in total. The number of carbonyl (C=O) groups excluding carboxylic acids is 2. The molecule has 204 valence electrons. The Hall–Kier alpha value is -3.02. The Morgan fingerprint density at radius 2 is 1.05 bits per heavy atom. The molecule has 0 heterocycles. The molecular formula is C31H44O6. The largest absolute Gasteiger partial charge is 0.507 e. The van der Waals surface area contributed by atoms with Crippen molar-refractivity contribution in [3.05, 3.63) is 57.6 Å². The molecule has 0 aliphatic carbocycles. The second-order valence-corrected chi connectivity index (χ2v) is 11.4. The predicted octanol–water partition coefficient (Wildman–Crippen LogP) is 6.55. The molecule has 2 rings (SSSR count). The zero-order valence-corrected chi connectivity index (χ0v) is 23.8. The van der Waals surface area contributed by atoms with Crippen molar-refractivity contribution in [3.63, 3.8) is 0 Å². The van der Waals surface area contributed by atoms with Gasteiger partial charge in [0.2, 0.25) is 0 Å². The molecule has 2 aromatic carbocycles. The molecule has 6 heteroatoms. The van der Waals surface area contributed by atoms with Gasteiger partial charge >= 0.3 is 11.9 Å². The van der Waals surface area contributed by atoms with Crippen LogP contribution in [0.3, 0.4) is 0 Å². The highest BCUT2D eigenvalue weighted by Gasteiger charge is 2.26. The zero-order valence-electron chi connectivity index (χ0n) is 23.8. The summed E-state index contributed by atoms with van der Waals surface area (Å²) in [5, 5.41) is 21.8. The lowest BCUT2D eigenvalue weighted by molar-refractivity contribution is -0.141. The highest BCUT2D eigenvalue weighted by Crippen LogP contribution is 2.38. The molecule has 0 unspecified atom stereocenters. The predicted molar refractivity (Wildman–Crippen MR) is 146 cm³/mol. The van der Waals surface area contributed by atoms with Crippen LogP contribution in [0.1, 0.15) is 99.6 Å². The van der Waals surface area contributed by atoms with E-state index >= 15 is 0 Å². The fourth-order valence-corrected chi connectivity index (χ4v) is 4.80. The summed E-state index contributed by atoms with van der Waals surface area (Å²) in [6, 6.07) is 8.04. The van der Waals surface area contributed by atoms with E-state index in [-0.39, 0.29) is 34.3 Å². The van der Waals surface area contributed by atoms with Gasteiger partial charge in [-0.3, -0.25) is 9.59 Å². The average Bonchev–Trinajstić information content (AvgIpc) is 2.83. The quantitative estimate of drug-likeness (QED) is 0.313. The zero-order chi connectivity index (χ0) is 28.0. The highest BCUT2D eigenvalue weighted by molar-refractivity contribution is 5.69. The van der Waals surface area contributed by atoms with Crippen molar-refractivity contribution >= 4 is 11.9 Å². The van der Waals surface area contributed by atoms with Crippen molar-refractivity contribution in [3.8, 4) is 11.5 Å². The van der Waals surface area contributed by atoms with E-state index in [1.165, 1.54) is 14.2 Å². The van der Waals surface area contributed by atoms with Gasteiger partial charge in [0.05, 0.1) is 14.2 Å². The maximum Gasteiger partial charge on any atom is 0.305 e. The number of aryl methyl sites for hydroxylation is 2. The van der Waals surface area contributed by atoms with Crippen molar-refractivity contribution in [2.45, 2.75) is 97.3 Å². The second-order valence-electron chi connectivity index (χ2n) is 11.4. The van der Waals surface area contributed by atoms with E-state index in [2.05, 4.69) is 27.7 Å². The summed E-state index contributed by atoms with van der Waals surface area (Å²) in [5.41, 5.74) is 4.83. The summed E-state index contributed by atoms with van der Waals surface area (Å²) in [7, 11) is 2.80. The molecule has 0 saturated carbocycles. The number of methoxy groups -OCH3 is 2. The Kier molecular flexibility index (Phi) is 10.2. The van der Waals surface area contributed by atoms with E-state index in [1.807, 2.05) is 38.1 Å². The summed E-state index contributed by atoms with van der Waals surface area (Å²) >= 11 is 0. The summed E-state index contributed by atoms with van der Waals surface area (Å²) in [6.45, 7) is 12.3. The van der Waals surface area contributed by atoms with Gasteiger partial charge in [0.15, 0.2) is 0 Å². The molecule has 37 heavy (non-hydrogen) atoms. The van der Waals surface area contributed by atoms with E-state index in [0.717, 1.165) is 46.2 Å². The number of esters is 2. The normalized spacial score (nSPS) is 11.9. The van der Waals surface area contributed by atoms with Gasteiger partial charge < -0.3 is 19.7 Å². The van der Waals surface area contributed by atoms with Crippen LogP contribution >= 0.6 is 0 Å². The molecule has 0 spiro atoms. The van der Waals surface area contributed by atoms with Gasteiger partial charge in [-0.05, 0) is 83.7 Å². The van der Waals surface area contributed by atoms with Crippen molar-refractivity contribution in [2.75, 3.05) is 14.2 Å². The van der Waals surface area contributed by atoms with Crippen molar-refractivity contribution in [2.24, 2.45) is 0 Å². The van der Waals surface area contributed by atoms with Gasteiger partial charge in [0.1, 0.15) is 11.5 Å². The maximum absolute atomic E-state index is 11.6. The van der Waals surface area contributed by atoms with Gasteiger partial charge in [0.25, 0.3) is 0 Å². The van der Waals surface area contributed by atoms with E-state index in [4.69, 9.17) is 9.47 Å². The third-order valence-electron chi connectivity index (χ3n) is 7.52. The van der Waals surface area contributed by atoms with Crippen LogP contribution in [0.4, 0.5) is 0 Å². The van der Waals surface area contributed by atoms with Crippen LogP contribution in [-0.4, -0.2) is 36.4 Å². The molecule has 0 aliphatic rings. The number of hydrogen-bond acceptors (Lipinski definition) is 6. The first kappa shape index (κ1) is 30.2. The number of phenolic OH excluding ortho intramolecular Hbond substituents is 2. The molecule has 0 radical (unpaired) electrons. The number of carbonyl (C=O) groups is 2. The first-order valence-electron chi connectivity index (χ1n) is 13.0. The van der Waals surface area contributed by atoms with Crippen LogP contribution in [0.15, 0.2) is 24.3 Å². The molecule has 2 aromatic rings. The van der Waals surface area contributed by atoms with Crippen molar-refractivity contribution in [1.29, 1.82) is 0 Å². The monoisotopic (exact) mass is 512 g/mol. The molecule has 0 amide bonds. The van der Waals surface area contributed by atoms with E-state index < -0.39 is 0 Å². The lowest BCUT2D eigenvalue weighted by Crippen LogP contribution is -2.19. The number of phenols is 2. The van der Waals surface area contributed by atoms with Crippen molar-refractivity contribution in [1.82, 2.24) is 0 Å². The van der Waals surface area contributed by atoms with Gasteiger partial charge in [-0.1, -0.05) is 52.0 Å². The number of benzene rings is 2. The Morgan fingerprint density at radius 3 is 1.38 bits per heavy atom. The van der Waals surface area contributed by atoms with Crippen LogP contribution in [-0.2, 0) is 36.3 Å². The third kappa shape index (κ3) is 7.98. The highest BCUT2D eigenvalue weighted by atomic mass is 16.5. The minimum Gasteiger partial charge on any atom is -0.507 e. The van der Waals surface area contributed by atoms with E-state index in [9.17, 15) is 19.8 Å². The third-order valence-corrected chi connectivity index (χ3v) is 7.52. The van der Waals surface area contributed by atoms with Crippen LogP contribution in [0.5, 0.6) is 11.5 Å². The summed E-state index contributed by atoms with van der Waals surface area (Å²) < 4.78 is 9.53. The molecule has 6 nitrogen and oxygen atoms in total. The number of ether oxygens (including phenoxy) is 2. The lowest BCUT2D eigenvalue weighted by Gasteiger charge is -2.28. The molecule has 0 bridgehead atoms. The van der Waals surface area contributed by atoms with Crippen LogP contribution in [0, 0.1) is 13.8 Å². The van der Waals surface area contributed by atoms with Crippen LogP contribution < -0.4 is 0 Å². The van der Waals surface area contributed by atoms with Gasteiger partial charge in [0, 0.05) is 19.3 Å². The van der Waals surface area contributed by atoms with E-state index in [0.29, 0.717) is 32.1 Å². The Labute approximate surface area is 222 Å². The van der Waals surface area contributed by atoms with E-state index in [1.54, 1.807) is 0 Å². The van der Waals surface area contributed by atoms with Gasteiger partial charge in [-0.15, -0.1) is 0 Å². The Bertz CT molecular complexity index is 1030. The molecule has 0 aromatic heterocycles. The van der Waals surface area contributed by atoms with Crippen molar-refractivity contribution < 1.29 is 29.3 Å². The smallest absolute Gasteiger partial charge is 0.305 e. The maximum atomic E-state index is 11.6. The lowest BCUT2D eigenvalue weighted by atomic mass is 9.77. The second kappa shape index (κ2) is 12.5. The summed E-state index contributed by atoms with van der Waals surface area (Å²) in [6.07, 6.45) is 4.15. The minimum absolute atomic E-state index is 0.206. The number of rotatable bonds is 12. The van der Waals surface area contributed by atoms with Gasteiger partial charge in [-0.2, -0.15) is 0 Å². The summed E-state index contributed by atoms with van der Waals surface area (Å²) in [5.74, 6) is 0.0393. The SMILES string of the molecule is COC(=O)CCCC(C)(C)c1cc(C)c(O)c(Cc2cc(C(C)(C)CCCC(=O)OC)cc(C)c2O)c1. The Morgan fingerprint density at radius 1 is 0.703 bits per heavy atom. The topological polar surface area (TPSA) is 93.1 Å². The molecule has 0 aliphatic heterocycles. The molecule has 0 atom stereocenters. The van der Waals surface area contributed by atoms with Gasteiger partial charge in [-0.25, -0.2) is 0 Å². The number of aromatic hydroxyl groups is 2. The fraction of sp³-hybridized carbons (Fsp3) is 0.548.